The zero-order valence-corrected chi connectivity index (χ0v) is 12.6. The summed E-state index contributed by atoms with van der Waals surface area (Å²) in [5.74, 6) is 0.367. The monoisotopic (exact) mass is 303 g/mol. The third-order valence-corrected chi connectivity index (χ3v) is 3.66. The quantitative estimate of drug-likeness (QED) is 0.806. The van der Waals surface area contributed by atoms with Crippen LogP contribution in [0, 0.1) is 6.92 Å². The zero-order chi connectivity index (χ0) is 15.1. The smallest absolute Gasteiger partial charge is 0.261 e. The predicted octanol–water partition coefficient (Wildman–Crippen LogP) is 2.60. The van der Waals surface area contributed by atoms with Gasteiger partial charge in [0, 0.05) is 19.2 Å². The van der Waals surface area contributed by atoms with Gasteiger partial charge in [-0.2, -0.15) is 0 Å². The number of hydrogen-bond acceptors (Lipinski definition) is 4. The summed E-state index contributed by atoms with van der Waals surface area (Å²) in [5.41, 5.74) is 1.04. The number of anilines is 1. The highest BCUT2D eigenvalue weighted by molar-refractivity contribution is 7.12. The third kappa shape index (κ3) is 5.00. The highest BCUT2D eigenvalue weighted by Gasteiger charge is 2.07. The molecule has 5 nitrogen and oxygen atoms in total. The lowest BCUT2D eigenvalue weighted by Crippen LogP contribution is -2.24. The molecular weight excluding hydrogens is 286 g/mol. The average Bonchev–Trinajstić information content (AvgIpc) is 2.97. The molecule has 2 N–H and O–H groups in total. The van der Waals surface area contributed by atoms with Crippen LogP contribution in [0.25, 0.3) is 0 Å². The maximum atomic E-state index is 11.7. The molecule has 2 amide bonds. The molecule has 21 heavy (non-hydrogen) atoms. The molecule has 0 bridgehead atoms. The Bertz CT molecular complexity index is 611. The molecule has 0 fully saturated rings. The Balaban J connectivity index is 1.67. The van der Waals surface area contributed by atoms with E-state index >= 15 is 0 Å². The minimum Gasteiger partial charge on any atom is -0.351 e. The summed E-state index contributed by atoms with van der Waals surface area (Å²) in [4.78, 5) is 28.2. The summed E-state index contributed by atoms with van der Waals surface area (Å²) in [6.45, 7) is 2.42. The van der Waals surface area contributed by atoms with Crippen molar-refractivity contribution in [1.82, 2.24) is 10.3 Å². The number of amides is 2. The lowest BCUT2D eigenvalue weighted by Gasteiger charge is -2.06. The molecule has 6 heteroatoms. The summed E-state index contributed by atoms with van der Waals surface area (Å²) >= 11 is 1.40. The zero-order valence-electron chi connectivity index (χ0n) is 11.8. The van der Waals surface area contributed by atoms with Crippen molar-refractivity contribution >= 4 is 29.0 Å². The van der Waals surface area contributed by atoms with E-state index in [2.05, 4.69) is 15.6 Å². The van der Waals surface area contributed by atoms with E-state index in [-0.39, 0.29) is 11.8 Å². The van der Waals surface area contributed by atoms with Gasteiger partial charge in [0.2, 0.25) is 5.91 Å². The van der Waals surface area contributed by atoms with Crippen molar-refractivity contribution in [2.24, 2.45) is 0 Å². The number of aromatic nitrogens is 1. The first kappa shape index (κ1) is 15.2. The fourth-order valence-electron chi connectivity index (χ4n) is 1.76. The van der Waals surface area contributed by atoms with Gasteiger partial charge in [-0.1, -0.05) is 6.07 Å². The van der Waals surface area contributed by atoms with E-state index in [9.17, 15) is 9.59 Å². The van der Waals surface area contributed by atoms with Gasteiger partial charge in [0.05, 0.1) is 4.88 Å². The first-order valence-corrected chi connectivity index (χ1v) is 7.57. The molecule has 0 saturated heterocycles. The molecule has 2 rings (SSSR count). The minimum atomic E-state index is -0.0986. The van der Waals surface area contributed by atoms with Gasteiger partial charge in [-0.15, -0.1) is 11.3 Å². The molecule has 0 atom stereocenters. The predicted molar refractivity (Wildman–Crippen MR) is 83.5 cm³/mol. The minimum absolute atomic E-state index is 0.0919. The molecule has 0 aromatic carbocycles. The van der Waals surface area contributed by atoms with Crippen molar-refractivity contribution in [2.75, 3.05) is 11.9 Å². The van der Waals surface area contributed by atoms with E-state index < -0.39 is 0 Å². The molecule has 2 aromatic heterocycles. The van der Waals surface area contributed by atoms with Crippen LogP contribution in [0.3, 0.4) is 0 Å². The number of hydrogen-bond donors (Lipinski definition) is 2. The van der Waals surface area contributed by atoms with Crippen LogP contribution < -0.4 is 10.6 Å². The van der Waals surface area contributed by atoms with Crippen LogP contribution in [0.15, 0.2) is 35.8 Å². The molecule has 0 radical (unpaired) electrons. The molecule has 2 aromatic rings. The van der Waals surface area contributed by atoms with Crippen molar-refractivity contribution in [3.63, 3.8) is 0 Å². The Morgan fingerprint density at radius 3 is 2.90 bits per heavy atom. The molecule has 110 valence electrons. The van der Waals surface area contributed by atoms with Crippen LogP contribution in [-0.2, 0) is 4.79 Å². The standard InChI is InChI=1S/C15H17N3O2S/c1-11-6-8-16-13(10-11)18-14(19)5-2-7-17-15(20)12-4-3-9-21-12/h3-4,6,8-10H,2,5,7H2,1H3,(H,17,20)(H,16,18,19). The molecule has 0 aliphatic heterocycles. The first-order chi connectivity index (χ1) is 10.1. The summed E-state index contributed by atoms with van der Waals surface area (Å²) in [5, 5.41) is 7.39. The largest absolute Gasteiger partial charge is 0.351 e. The van der Waals surface area contributed by atoms with Gasteiger partial charge < -0.3 is 10.6 Å². The number of pyridine rings is 1. The van der Waals surface area contributed by atoms with E-state index in [1.54, 1.807) is 12.3 Å². The van der Waals surface area contributed by atoms with Crippen molar-refractivity contribution in [1.29, 1.82) is 0 Å². The van der Waals surface area contributed by atoms with Crippen LogP contribution >= 0.6 is 11.3 Å². The fraction of sp³-hybridized carbons (Fsp3) is 0.267. The average molecular weight is 303 g/mol. The number of rotatable bonds is 6. The van der Waals surface area contributed by atoms with Crippen LogP contribution in [-0.4, -0.2) is 23.3 Å². The molecular formula is C15H17N3O2S. The second-order valence-electron chi connectivity index (χ2n) is 4.60. The maximum Gasteiger partial charge on any atom is 0.261 e. The van der Waals surface area contributed by atoms with Crippen LogP contribution in [0.4, 0.5) is 5.82 Å². The Labute approximate surface area is 127 Å². The number of nitrogens with zero attached hydrogens (tertiary/aromatic N) is 1. The summed E-state index contributed by atoms with van der Waals surface area (Å²) < 4.78 is 0. The van der Waals surface area contributed by atoms with Crippen molar-refractivity contribution in [3.05, 3.63) is 46.3 Å². The number of carbonyl (C=O) groups excluding carboxylic acids is 2. The van der Waals surface area contributed by atoms with Gasteiger partial charge in [-0.25, -0.2) is 4.98 Å². The Morgan fingerprint density at radius 2 is 2.19 bits per heavy atom. The molecule has 0 aliphatic rings. The number of thiophene rings is 1. The van der Waals surface area contributed by atoms with E-state index in [0.29, 0.717) is 30.1 Å². The van der Waals surface area contributed by atoms with Crippen LogP contribution in [0.1, 0.15) is 28.1 Å². The van der Waals surface area contributed by atoms with E-state index in [1.807, 2.05) is 30.5 Å². The number of carbonyl (C=O) groups is 2. The van der Waals surface area contributed by atoms with E-state index in [1.165, 1.54) is 11.3 Å². The Kier molecular flexibility index (Phi) is 5.45. The van der Waals surface area contributed by atoms with Gasteiger partial charge in [0.25, 0.3) is 5.91 Å². The second-order valence-corrected chi connectivity index (χ2v) is 5.55. The fourth-order valence-corrected chi connectivity index (χ4v) is 2.40. The molecule has 0 aliphatic carbocycles. The summed E-state index contributed by atoms with van der Waals surface area (Å²) in [7, 11) is 0. The number of nitrogens with one attached hydrogen (secondary N) is 2. The van der Waals surface area contributed by atoms with Crippen molar-refractivity contribution in [2.45, 2.75) is 19.8 Å². The van der Waals surface area contributed by atoms with Crippen LogP contribution in [0.5, 0.6) is 0 Å². The second kappa shape index (κ2) is 7.54. The highest BCUT2D eigenvalue weighted by atomic mass is 32.1. The Morgan fingerprint density at radius 1 is 1.33 bits per heavy atom. The topological polar surface area (TPSA) is 71.1 Å². The molecule has 0 spiro atoms. The summed E-state index contributed by atoms with van der Waals surface area (Å²) in [6, 6.07) is 7.30. The third-order valence-electron chi connectivity index (χ3n) is 2.79. The molecule has 0 unspecified atom stereocenters. The lowest BCUT2D eigenvalue weighted by atomic mass is 10.2. The lowest BCUT2D eigenvalue weighted by molar-refractivity contribution is -0.116. The van der Waals surface area contributed by atoms with Crippen LogP contribution in [0.2, 0.25) is 0 Å². The van der Waals surface area contributed by atoms with Gasteiger partial charge in [0.1, 0.15) is 5.82 Å². The number of aryl methyl sites for hydroxylation is 1. The van der Waals surface area contributed by atoms with Gasteiger partial charge in [-0.05, 0) is 42.5 Å². The van der Waals surface area contributed by atoms with Gasteiger partial charge in [0.15, 0.2) is 0 Å². The molecule has 2 heterocycles. The first-order valence-electron chi connectivity index (χ1n) is 6.69. The normalized spacial score (nSPS) is 10.1. The Hall–Kier alpha value is -2.21. The van der Waals surface area contributed by atoms with Crippen molar-refractivity contribution < 1.29 is 9.59 Å². The van der Waals surface area contributed by atoms with Gasteiger partial charge >= 0.3 is 0 Å². The SMILES string of the molecule is Cc1ccnc(NC(=O)CCCNC(=O)c2cccs2)c1. The maximum absolute atomic E-state index is 11.7. The van der Waals surface area contributed by atoms with E-state index in [4.69, 9.17) is 0 Å². The highest BCUT2D eigenvalue weighted by Crippen LogP contribution is 2.08. The summed E-state index contributed by atoms with van der Waals surface area (Å²) in [6.07, 6.45) is 2.60. The molecule has 0 saturated carbocycles. The van der Waals surface area contributed by atoms with Gasteiger partial charge in [-0.3, -0.25) is 9.59 Å². The van der Waals surface area contributed by atoms with Crippen molar-refractivity contribution in [3.8, 4) is 0 Å². The van der Waals surface area contributed by atoms with E-state index in [0.717, 1.165) is 5.56 Å².